The van der Waals surface area contributed by atoms with Gasteiger partial charge in [-0.1, -0.05) is 11.6 Å². The van der Waals surface area contributed by atoms with E-state index >= 15 is 0 Å². The van der Waals surface area contributed by atoms with Crippen LogP contribution in [0.1, 0.15) is 12.1 Å². The van der Waals surface area contributed by atoms with E-state index < -0.39 is 5.82 Å². The third-order valence-electron chi connectivity index (χ3n) is 2.64. The van der Waals surface area contributed by atoms with Crippen molar-refractivity contribution in [2.24, 2.45) is 0 Å². The summed E-state index contributed by atoms with van der Waals surface area (Å²) < 4.78 is 13.5. The predicted molar refractivity (Wildman–Crippen MR) is 82.5 cm³/mol. The third kappa shape index (κ3) is 4.25. The Morgan fingerprint density at radius 2 is 2.14 bits per heavy atom. The molecule has 0 saturated carbocycles. The second-order valence-electron chi connectivity index (χ2n) is 4.16. The summed E-state index contributed by atoms with van der Waals surface area (Å²) in [6.07, 6.45) is 2.84. The molecule has 0 radical (unpaired) electrons. The van der Waals surface area contributed by atoms with Crippen molar-refractivity contribution in [1.29, 1.82) is 0 Å². The second kappa shape index (κ2) is 7.86. The van der Waals surface area contributed by atoms with E-state index in [1.165, 1.54) is 24.7 Å². The Hall–Kier alpha value is -1.99. The van der Waals surface area contributed by atoms with Gasteiger partial charge in [0.25, 0.3) is 0 Å². The lowest BCUT2D eigenvalue weighted by molar-refractivity contribution is -0.115. The van der Waals surface area contributed by atoms with Crippen LogP contribution >= 0.6 is 23.2 Å². The molecule has 1 amide bonds. The first-order valence-corrected chi connectivity index (χ1v) is 7.22. The number of rotatable bonds is 6. The molecule has 0 aliphatic rings. The van der Waals surface area contributed by atoms with Gasteiger partial charge in [0.2, 0.25) is 5.91 Å². The van der Waals surface area contributed by atoms with Crippen molar-refractivity contribution < 1.29 is 9.18 Å². The maximum Gasteiger partial charge on any atom is 0.225 e. The van der Waals surface area contributed by atoms with Crippen molar-refractivity contribution in [1.82, 2.24) is 15.0 Å². The van der Waals surface area contributed by atoms with E-state index in [2.05, 4.69) is 25.6 Å². The summed E-state index contributed by atoms with van der Waals surface area (Å²) >= 11 is 11.5. The van der Waals surface area contributed by atoms with Gasteiger partial charge in [0.1, 0.15) is 17.8 Å². The van der Waals surface area contributed by atoms with E-state index in [1.807, 2.05) is 0 Å². The van der Waals surface area contributed by atoms with Crippen LogP contribution in [0.15, 0.2) is 24.7 Å². The number of hydrogen-bond acceptors (Lipinski definition) is 5. The minimum atomic E-state index is -0.442. The Labute approximate surface area is 136 Å². The molecule has 0 bridgehead atoms. The topological polar surface area (TPSA) is 79.8 Å². The summed E-state index contributed by atoms with van der Waals surface area (Å²) in [5.74, 6) is -0.311. The average Bonchev–Trinajstić information content (AvgIpc) is 2.49. The number of aromatic nitrogens is 3. The van der Waals surface area contributed by atoms with Gasteiger partial charge in [-0.25, -0.2) is 14.4 Å². The summed E-state index contributed by atoms with van der Waals surface area (Å²) in [6.45, 7) is 0.0817. The van der Waals surface area contributed by atoms with E-state index in [0.29, 0.717) is 0 Å². The SMILES string of the molecule is O=C(CCCl)Nc1c(Cl)ncnc1NCc1ncccc1F. The van der Waals surface area contributed by atoms with Gasteiger partial charge < -0.3 is 10.6 Å². The molecule has 0 aromatic carbocycles. The molecule has 6 nitrogen and oxygen atoms in total. The first kappa shape index (κ1) is 16.4. The van der Waals surface area contributed by atoms with Crippen molar-refractivity contribution in [2.45, 2.75) is 13.0 Å². The minimum absolute atomic E-state index is 0.0712. The zero-order valence-corrected chi connectivity index (χ0v) is 12.8. The molecule has 0 aliphatic heterocycles. The number of carbonyl (C=O) groups excluding carboxylic acids is 1. The molecular weight excluding hydrogens is 332 g/mol. The number of nitrogens with one attached hydrogen (secondary N) is 2. The quantitative estimate of drug-likeness (QED) is 0.622. The van der Waals surface area contributed by atoms with E-state index in [0.717, 1.165) is 0 Å². The number of hydrogen-bond donors (Lipinski definition) is 2. The van der Waals surface area contributed by atoms with Crippen molar-refractivity contribution in [3.8, 4) is 0 Å². The average molecular weight is 344 g/mol. The van der Waals surface area contributed by atoms with Crippen LogP contribution in [-0.2, 0) is 11.3 Å². The Morgan fingerprint density at radius 3 is 2.86 bits per heavy atom. The van der Waals surface area contributed by atoms with Crippen LogP contribution in [0, 0.1) is 5.82 Å². The number of anilines is 2. The third-order valence-corrected chi connectivity index (χ3v) is 3.12. The van der Waals surface area contributed by atoms with Gasteiger partial charge in [0.15, 0.2) is 11.0 Å². The number of halogens is 3. The maximum absolute atomic E-state index is 13.5. The second-order valence-corrected chi connectivity index (χ2v) is 4.90. The Bertz CT molecular complexity index is 671. The van der Waals surface area contributed by atoms with Gasteiger partial charge in [-0.15, -0.1) is 11.6 Å². The Balaban J connectivity index is 2.15. The molecule has 9 heteroatoms. The first-order chi connectivity index (χ1) is 10.6. The zero-order valence-electron chi connectivity index (χ0n) is 11.3. The molecule has 22 heavy (non-hydrogen) atoms. The van der Waals surface area contributed by atoms with Crippen LogP contribution < -0.4 is 10.6 Å². The molecule has 2 N–H and O–H groups in total. The molecule has 2 aromatic heterocycles. The molecule has 0 unspecified atom stereocenters. The number of carbonyl (C=O) groups is 1. The van der Waals surface area contributed by atoms with Crippen LogP contribution in [-0.4, -0.2) is 26.7 Å². The van der Waals surface area contributed by atoms with Gasteiger partial charge in [-0.3, -0.25) is 9.78 Å². The predicted octanol–water partition coefficient (Wildman–Crippen LogP) is 2.84. The monoisotopic (exact) mass is 343 g/mol. The fourth-order valence-electron chi connectivity index (χ4n) is 1.61. The Morgan fingerprint density at radius 1 is 1.32 bits per heavy atom. The highest BCUT2D eigenvalue weighted by molar-refractivity contribution is 6.33. The minimum Gasteiger partial charge on any atom is -0.362 e. The largest absolute Gasteiger partial charge is 0.362 e. The number of alkyl halides is 1. The lowest BCUT2D eigenvalue weighted by atomic mass is 10.3. The van der Waals surface area contributed by atoms with Crippen LogP contribution in [0.3, 0.4) is 0 Å². The molecule has 116 valence electrons. The normalized spacial score (nSPS) is 10.3. The highest BCUT2D eigenvalue weighted by atomic mass is 35.5. The van der Waals surface area contributed by atoms with Crippen LogP contribution in [0.4, 0.5) is 15.9 Å². The van der Waals surface area contributed by atoms with Crippen LogP contribution in [0.25, 0.3) is 0 Å². The summed E-state index contributed by atoms with van der Waals surface area (Å²) in [5, 5.41) is 5.52. The molecule has 2 rings (SSSR count). The molecule has 2 heterocycles. The van der Waals surface area contributed by atoms with E-state index in [4.69, 9.17) is 23.2 Å². The number of amides is 1. The lowest BCUT2D eigenvalue weighted by Gasteiger charge is -2.12. The number of nitrogens with zero attached hydrogens (tertiary/aromatic N) is 3. The summed E-state index contributed by atoms with van der Waals surface area (Å²) in [6, 6.07) is 2.80. The molecule has 0 aliphatic carbocycles. The van der Waals surface area contributed by atoms with Crippen molar-refractivity contribution >= 4 is 40.6 Å². The lowest BCUT2D eigenvalue weighted by Crippen LogP contribution is -2.15. The molecule has 0 saturated heterocycles. The van der Waals surface area contributed by atoms with Crippen molar-refractivity contribution in [3.63, 3.8) is 0 Å². The van der Waals surface area contributed by atoms with Crippen LogP contribution in [0.2, 0.25) is 5.15 Å². The smallest absolute Gasteiger partial charge is 0.225 e. The summed E-state index contributed by atoms with van der Waals surface area (Å²) in [4.78, 5) is 23.3. The van der Waals surface area contributed by atoms with Crippen LogP contribution in [0.5, 0.6) is 0 Å². The highest BCUT2D eigenvalue weighted by Gasteiger charge is 2.13. The van der Waals surface area contributed by atoms with Gasteiger partial charge in [0.05, 0.1) is 12.2 Å². The fourth-order valence-corrected chi connectivity index (χ4v) is 1.96. The first-order valence-electron chi connectivity index (χ1n) is 6.31. The van der Waals surface area contributed by atoms with Crippen molar-refractivity contribution in [2.75, 3.05) is 16.5 Å². The van der Waals surface area contributed by atoms with Gasteiger partial charge in [-0.05, 0) is 12.1 Å². The zero-order chi connectivity index (χ0) is 15.9. The van der Waals surface area contributed by atoms with Crippen molar-refractivity contribution in [3.05, 3.63) is 41.3 Å². The maximum atomic E-state index is 13.5. The molecule has 2 aromatic rings. The van der Waals surface area contributed by atoms with E-state index in [9.17, 15) is 9.18 Å². The molecular formula is C13H12Cl2FN5O. The van der Waals surface area contributed by atoms with E-state index in [1.54, 1.807) is 0 Å². The standard InChI is InChI=1S/C13H12Cl2FN5O/c14-4-3-10(22)21-11-12(15)19-7-20-13(11)18-6-9-8(16)2-1-5-17-9/h1-2,5,7H,3-4,6H2,(H,21,22)(H,18,19,20). The summed E-state index contributed by atoms with van der Waals surface area (Å²) in [7, 11) is 0. The Kier molecular flexibility index (Phi) is 5.85. The van der Waals surface area contributed by atoms with Gasteiger partial charge in [-0.2, -0.15) is 0 Å². The molecule has 0 atom stereocenters. The summed E-state index contributed by atoms with van der Waals surface area (Å²) in [5.41, 5.74) is 0.436. The van der Waals surface area contributed by atoms with Gasteiger partial charge in [0, 0.05) is 18.5 Å². The molecule has 0 spiro atoms. The molecule has 0 fully saturated rings. The fraction of sp³-hybridized carbons (Fsp3) is 0.231. The van der Waals surface area contributed by atoms with E-state index in [-0.39, 0.29) is 47.1 Å². The van der Waals surface area contributed by atoms with Gasteiger partial charge >= 0.3 is 0 Å². The highest BCUT2D eigenvalue weighted by Crippen LogP contribution is 2.26. The number of pyridine rings is 1.